The maximum atomic E-state index is 6.29. The van der Waals surface area contributed by atoms with Crippen LogP contribution >= 0.6 is 0 Å². The number of benzene rings is 1. The zero-order valence-electron chi connectivity index (χ0n) is 12.1. The molecule has 1 N–H and O–H groups in total. The quantitative estimate of drug-likeness (QED) is 0.932. The highest BCUT2D eigenvalue weighted by atomic mass is 16.5. The second kappa shape index (κ2) is 5.15. The highest BCUT2D eigenvalue weighted by Crippen LogP contribution is 2.48. The topological polar surface area (TPSA) is 34.2 Å². The molecule has 1 aliphatic heterocycles. The number of nitrogens with one attached hydrogen (secondary N) is 1. The van der Waals surface area contributed by atoms with Crippen LogP contribution in [-0.2, 0) is 6.54 Å². The molecule has 2 aromatic rings. The Bertz CT molecular complexity index is 622. The molecular formula is C18H20N2O. The van der Waals surface area contributed by atoms with Crippen LogP contribution in [0, 0.1) is 0 Å². The number of pyridine rings is 1. The molecule has 1 spiro atoms. The van der Waals surface area contributed by atoms with Gasteiger partial charge in [-0.3, -0.25) is 4.98 Å². The number of hydrogen-bond donors (Lipinski definition) is 1. The van der Waals surface area contributed by atoms with Gasteiger partial charge in [0.05, 0.1) is 0 Å². The van der Waals surface area contributed by atoms with Gasteiger partial charge in [-0.1, -0.05) is 24.3 Å². The minimum atomic E-state index is 0.0843. The molecule has 1 aromatic carbocycles. The lowest BCUT2D eigenvalue weighted by Crippen LogP contribution is -2.49. The van der Waals surface area contributed by atoms with Crippen molar-refractivity contribution < 1.29 is 4.74 Å². The summed E-state index contributed by atoms with van der Waals surface area (Å²) in [5, 5.41) is 3.70. The molecule has 3 nitrogen and oxygen atoms in total. The second-order valence-electron chi connectivity index (χ2n) is 6.18. The van der Waals surface area contributed by atoms with Crippen LogP contribution in [0.4, 0.5) is 0 Å². The molecule has 108 valence electrons. The first-order chi connectivity index (χ1) is 10.3. The molecule has 0 amide bonds. The Morgan fingerprint density at radius 1 is 1.19 bits per heavy atom. The van der Waals surface area contributed by atoms with E-state index < -0.39 is 0 Å². The van der Waals surface area contributed by atoms with Gasteiger partial charge in [-0.25, -0.2) is 0 Å². The third-order valence-corrected chi connectivity index (χ3v) is 4.74. The molecule has 21 heavy (non-hydrogen) atoms. The maximum Gasteiger partial charge on any atom is 0.124 e. The van der Waals surface area contributed by atoms with Crippen LogP contribution in [0.3, 0.4) is 0 Å². The Balaban J connectivity index is 1.55. The van der Waals surface area contributed by atoms with Gasteiger partial charge < -0.3 is 10.1 Å². The summed E-state index contributed by atoms with van der Waals surface area (Å²) in [4.78, 5) is 4.18. The van der Waals surface area contributed by atoms with Crippen LogP contribution in [0.2, 0.25) is 0 Å². The number of fused-ring (bicyclic) bond motifs is 1. The molecule has 3 heteroatoms. The fourth-order valence-corrected chi connectivity index (χ4v) is 3.42. The Labute approximate surface area is 125 Å². The first kappa shape index (κ1) is 12.8. The number of aromatic nitrogens is 1. The highest BCUT2D eigenvalue weighted by molar-refractivity contribution is 5.39. The predicted octanol–water partition coefficient (Wildman–Crippen LogP) is 3.62. The average Bonchev–Trinajstić information content (AvgIpc) is 2.52. The Hall–Kier alpha value is -1.87. The molecule has 4 rings (SSSR count). The summed E-state index contributed by atoms with van der Waals surface area (Å²) >= 11 is 0. The average molecular weight is 280 g/mol. The third-order valence-electron chi connectivity index (χ3n) is 4.74. The number of nitrogens with zero attached hydrogens (tertiary/aromatic N) is 1. The fourth-order valence-electron chi connectivity index (χ4n) is 3.42. The van der Waals surface area contributed by atoms with Crippen molar-refractivity contribution in [3.63, 3.8) is 0 Å². The van der Waals surface area contributed by atoms with Crippen molar-refractivity contribution >= 4 is 0 Å². The summed E-state index contributed by atoms with van der Waals surface area (Å²) in [5.74, 6) is 1.06. The first-order valence-electron chi connectivity index (χ1n) is 7.75. The lowest BCUT2D eigenvalue weighted by Gasteiger charge is -2.48. The molecule has 1 saturated carbocycles. The number of rotatable bonds is 3. The number of para-hydroxylation sites is 1. The van der Waals surface area contributed by atoms with Gasteiger partial charge in [0.25, 0.3) is 0 Å². The predicted molar refractivity (Wildman–Crippen MR) is 82.1 cm³/mol. The van der Waals surface area contributed by atoms with Crippen LogP contribution in [0.15, 0.2) is 48.8 Å². The van der Waals surface area contributed by atoms with Gasteiger partial charge in [0.15, 0.2) is 0 Å². The van der Waals surface area contributed by atoms with Crippen LogP contribution < -0.4 is 10.1 Å². The molecule has 2 heterocycles. The Morgan fingerprint density at radius 3 is 2.86 bits per heavy atom. The molecule has 1 aliphatic carbocycles. The molecule has 2 aliphatic rings. The van der Waals surface area contributed by atoms with Gasteiger partial charge in [0.1, 0.15) is 11.4 Å². The van der Waals surface area contributed by atoms with E-state index in [4.69, 9.17) is 4.74 Å². The Kier molecular flexibility index (Phi) is 3.15. The van der Waals surface area contributed by atoms with Gasteiger partial charge in [0, 0.05) is 37.0 Å². The van der Waals surface area contributed by atoms with Crippen molar-refractivity contribution in [1.29, 1.82) is 0 Å². The standard InChI is InChI=1S/C18H20N2O/c1-2-7-17-15(6-1)16(11-18(21-17)8-4-9-18)20-13-14-5-3-10-19-12-14/h1-3,5-7,10,12,16,20H,4,8-9,11,13H2. The monoisotopic (exact) mass is 280 g/mol. The zero-order valence-corrected chi connectivity index (χ0v) is 12.1. The van der Waals surface area contributed by atoms with Crippen LogP contribution in [0.25, 0.3) is 0 Å². The molecule has 0 saturated heterocycles. The van der Waals surface area contributed by atoms with E-state index >= 15 is 0 Å². The van der Waals surface area contributed by atoms with E-state index in [-0.39, 0.29) is 5.60 Å². The third kappa shape index (κ3) is 2.42. The largest absolute Gasteiger partial charge is 0.487 e. The van der Waals surface area contributed by atoms with Crippen molar-refractivity contribution in [2.24, 2.45) is 0 Å². The molecular weight excluding hydrogens is 260 g/mol. The second-order valence-corrected chi connectivity index (χ2v) is 6.18. The van der Waals surface area contributed by atoms with Crippen LogP contribution in [-0.4, -0.2) is 10.6 Å². The zero-order chi connectivity index (χ0) is 14.1. The normalized spacial score (nSPS) is 22.2. The van der Waals surface area contributed by atoms with Gasteiger partial charge in [0.2, 0.25) is 0 Å². The molecule has 1 fully saturated rings. The van der Waals surface area contributed by atoms with E-state index in [2.05, 4.69) is 40.6 Å². The highest BCUT2D eigenvalue weighted by Gasteiger charge is 2.45. The minimum absolute atomic E-state index is 0.0843. The van der Waals surface area contributed by atoms with Crippen molar-refractivity contribution in [3.05, 3.63) is 59.9 Å². The van der Waals surface area contributed by atoms with Crippen LogP contribution in [0.1, 0.15) is 42.9 Å². The van der Waals surface area contributed by atoms with Crippen molar-refractivity contribution in [2.45, 2.75) is 43.9 Å². The van der Waals surface area contributed by atoms with Crippen molar-refractivity contribution in [2.75, 3.05) is 0 Å². The maximum absolute atomic E-state index is 6.29. The smallest absolute Gasteiger partial charge is 0.124 e. The number of hydrogen-bond acceptors (Lipinski definition) is 3. The summed E-state index contributed by atoms with van der Waals surface area (Å²) in [6.07, 6.45) is 8.48. The molecule has 1 aromatic heterocycles. The van der Waals surface area contributed by atoms with Crippen molar-refractivity contribution in [3.8, 4) is 5.75 Å². The molecule has 0 bridgehead atoms. The summed E-state index contributed by atoms with van der Waals surface area (Å²) < 4.78 is 6.29. The minimum Gasteiger partial charge on any atom is -0.487 e. The van der Waals surface area contributed by atoms with Gasteiger partial charge in [-0.2, -0.15) is 0 Å². The van der Waals surface area contributed by atoms with E-state index in [9.17, 15) is 0 Å². The Morgan fingerprint density at radius 2 is 2.10 bits per heavy atom. The van der Waals surface area contributed by atoms with Gasteiger partial charge >= 0.3 is 0 Å². The molecule has 0 radical (unpaired) electrons. The van der Waals surface area contributed by atoms with E-state index in [1.165, 1.54) is 30.4 Å². The summed E-state index contributed by atoms with van der Waals surface area (Å²) in [5.41, 5.74) is 2.60. The van der Waals surface area contributed by atoms with Crippen molar-refractivity contribution in [1.82, 2.24) is 10.3 Å². The van der Waals surface area contributed by atoms with E-state index in [0.29, 0.717) is 6.04 Å². The SMILES string of the molecule is c1cncc(CNC2CC3(CCC3)Oc3ccccc32)c1. The van der Waals surface area contributed by atoms with E-state index in [1.807, 2.05) is 18.5 Å². The van der Waals surface area contributed by atoms with Crippen LogP contribution in [0.5, 0.6) is 5.75 Å². The van der Waals surface area contributed by atoms with Gasteiger partial charge in [-0.05, 0) is 37.0 Å². The van der Waals surface area contributed by atoms with E-state index in [0.717, 1.165) is 18.7 Å². The molecule has 1 atom stereocenters. The summed E-state index contributed by atoms with van der Waals surface area (Å²) in [7, 11) is 0. The number of ether oxygens (including phenoxy) is 1. The van der Waals surface area contributed by atoms with Gasteiger partial charge in [-0.15, -0.1) is 0 Å². The fraction of sp³-hybridized carbons (Fsp3) is 0.389. The molecule has 1 unspecified atom stereocenters. The lowest BCUT2D eigenvalue weighted by molar-refractivity contribution is -0.0371. The lowest BCUT2D eigenvalue weighted by atomic mass is 9.73. The first-order valence-corrected chi connectivity index (χ1v) is 7.75. The summed E-state index contributed by atoms with van der Waals surface area (Å²) in [6.45, 7) is 0.850. The van der Waals surface area contributed by atoms with E-state index in [1.54, 1.807) is 0 Å². The summed E-state index contributed by atoms with van der Waals surface area (Å²) in [6, 6.07) is 12.9.